The Bertz CT molecular complexity index is 839. The highest BCUT2D eigenvalue weighted by Crippen LogP contribution is 2.24. The lowest BCUT2D eigenvalue weighted by Gasteiger charge is -2.09. The smallest absolute Gasteiger partial charge is 0.305 e. The van der Waals surface area contributed by atoms with Crippen LogP contribution in [0.1, 0.15) is 17.5 Å². The standard InChI is InChI=1S/C23H22O3/c1-25-23(24)15-10-18-8-5-9-21(16-18)20-11-13-22(14-12-20)26-17-19-6-3-2-4-7-19/h2-9,11-14,16H,10,15,17H2,1H3. The van der Waals surface area contributed by atoms with Crippen LogP contribution in [-0.4, -0.2) is 13.1 Å². The van der Waals surface area contributed by atoms with Crippen molar-refractivity contribution < 1.29 is 14.3 Å². The van der Waals surface area contributed by atoms with Gasteiger partial charge < -0.3 is 9.47 Å². The molecule has 0 aliphatic heterocycles. The first-order chi connectivity index (χ1) is 12.7. The molecule has 0 aliphatic rings. The maximum Gasteiger partial charge on any atom is 0.305 e. The lowest BCUT2D eigenvalue weighted by Crippen LogP contribution is -2.01. The lowest BCUT2D eigenvalue weighted by molar-refractivity contribution is -0.140. The van der Waals surface area contributed by atoms with Crippen molar-refractivity contribution in [3.8, 4) is 16.9 Å². The van der Waals surface area contributed by atoms with Gasteiger partial charge in [-0.15, -0.1) is 0 Å². The van der Waals surface area contributed by atoms with E-state index in [4.69, 9.17) is 9.47 Å². The number of rotatable bonds is 7. The number of hydrogen-bond acceptors (Lipinski definition) is 3. The summed E-state index contributed by atoms with van der Waals surface area (Å²) in [6, 6.07) is 26.4. The van der Waals surface area contributed by atoms with Crippen LogP contribution in [0.4, 0.5) is 0 Å². The molecule has 0 atom stereocenters. The first-order valence-electron chi connectivity index (χ1n) is 8.67. The normalized spacial score (nSPS) is 10.3. The summed E-state index contributed by atoms with van der Waals surface area (Å²) in [6.45, 7) is 0.559. The van der Waals surface area contributed by atoms with Gasteiger partial charge in [0.2, 0.25) is 0 Å². The van der Waals surface area contributed by atoms with Gasteiger partial charge in [-0.05, 0) is 40.8 Å². The minimum Gasteiger partial charge on any atom is -0.489 e. The van der Waals surface area contributed by atoms with Crippen LogP contribution in [0.15, 0.2) is 78.9 Å². The van der Waals surface area contributed by atoms with E-state index in [2.05, 4.69) is 24.3 Å². The van der Waals surface area contributed by atoms with Crippen LogP contribution in [0, 0.1) is 0 Å². The fourth-order valence-corrected chi connectivity index (χ4v) is 2.74. The molecule has 0 heterocycles. The predicted molar refractivity (Wildman–Crippen MR) is 103 cm³/mol. The molecule has 26 heavy (non-hydrogen) atoms. The molecule has 0 fully saturated rings. The van der Waals surface area contributed by atoms with E-state index >= 15 is 0 Å². The number of methoxy groups -OCH3 is 1. The van der Waals surface area contributed by atoms with E-state index in [-0.39, 0.29) is 5.97 Å². The number of esters is 1. The van der Waals surface area contributed by atoms with Gasteiger partial charge in [-0.2, -0.15) is 0 Å². The minimum atomic E-state index is -0.185. The molecule has 0 saturated carbocycles. The van der Waals surface area contributed by atoms with Gasteiger partial charge >= 0.3 is 5.97 Å². The van der Waals surface area contributed by atoms with Crippen molar-refractivity contribution in [2.24, 2.45) is 0 Å². The Labute approximate surface area is 154 Å². The molecule has 0 radical (unpaired) electrons. The van der Waals surface area contributed by atoms with Gasteiger partial charge in [0.1, 0.15) is 12.4 Å². The van der Waals surface area contributed by atoms with Gasteiger partial charge in [-0.3, -0.25) is 4.79 Å². The monoisotopic (exact) mass is 346 g/mol. The molecule has 3 aromatic carbocycles. The summed E-state index contributed by atoms with van der Waals surface area (Å²) >= 11 is 0. The van der Waals surface area contributed by atoms with Crippen LogP contribution in [-0.2, 0) is 22.6 Å². The van der Waals surface area contributed by atoms with Crippen molar-refractivity contribution in [2.75, 3.05) is 7.11 Å². The Balaban J connectivity index is 1.63. The van der Waals surface area contributed by atoms with Gasteiger partial charge in [-0.25, -0.2) is 0 Å². The van der Waals surface area contributed by atoms with Gasteiger partial charge in [-0.1, -0.05) is 66.7 Å². The SMILES string of the molecule is COC(=O)CCc1cccc(-c2ccc(OCc3ccccc3)cc2)c1. The maximum absolute atomic E-state index is 11.3. The van der Waals surface area contributed by atoms with E-state index in [9.17, 15) is 4.79 Å². The second kappa shape index (κ2) is 8.86. The Morgan fingerprint density at radius 2 is 1.54 bits per heavy atom. The predicted octanol–water partition coefficient (Wildman–Crippen LogP) is 5.04. The van der Waals surface area contributed by atoms with Crippen molar-refractivity contribution in [3.63, 3.8) is 0 Å². The molecule has 132 valence electrons. The summed E-state index contributed by atoms with van der Waals surface area (Å²) in [5, 5.41) is 0. The van der Waals surface area contributed by atoms with Gasteiger partial charge in [0.25, 0.3) is 0 Å². The molecule has 0 aromatic heterocycles. The zero-order valence-corrected chi connectivity index (χ0v) is 14.9. The number of ether oxygens (including phenoxy) is 2. The third-order valence-corrected chi connectivity index (χ3v) is 4.21. The molecular formula is C23H22O3. The average Bonchev–Trinajstić information content (AvgIpc) is 2.72. The molecule has 0 bridgehead atoms. The van der Waals surface area contributed by atoms with Crippen molar-refractivity contribution in [3.05, 3.63) is 90.0 Å². The van der Waals surface area contributed by atoms with E-state index < -0.39 is 0 Å². The van der Waals surface area contributed by atoms with E-state index in [0.717, 1.165) is 28.0 Å². The molecule has 3 nitrogen and oxygen atoms in total. The topological polar surface area (TPSA) is 35.5 Å². The van der Waals surface area contributed by atoms with Crippen molar-refractivity contribution in [1.82, 2.24) is 0 Å². The van der Waals surface area contributed by atoms with Crippen LogP contribution >= 0.6 is 0 Å². The molecule has 0 N–H and O–H groups in total. The fourth-order valence-electron chi connectivity index (χ4n) is 2.74. The number of benzene rings is 3. The van der Waals surface area contributed by atoms with Gasteiger partial charge in [0, 0.05) is 6.42 Å². The van der Waals surface area contributed by atoms with Crippen LogP contribution < -0.4 is 4.74 Å². The zero-order valence-electron chi connectivity index (χ0n) is 14.9. The minimum absolute atomic E-state index is 0.185. The van der Waals surface area contributed by atoms with Crippen LogP contribution in [0.2, 0.25) is 0 Å². The number of hydrogen-bond donors (Lipinski definition) is 0. The Morgan fingerprint density at radius 3 is 2.27 bits per heavy atom. The zero-order chi connectivity index (χ0) is 18.2. The molecule has 0 unspecified atom stereocenters. The number of carbonyl (C=O) groups excluding carboxylic acids is 1. The van der Waals surface area contributed by atoms with E-state index in [1.165, 1.54) is 7.11 Å². The fraction of sp³-hybridized carbons (Fsp3) is 0.174. The summed E-state index contributed by atoms with van der Waals surface area (Å²) in [5.74, 6) is 0.662. The molecule has 0 amide bonds. The average molecular weight is 346 g/mol. The molecular weight excluding hydrogens is 324 g/mol. The lowest BCUT2D eigenvalue weighted by atomic mass is 10.0. The molecule has 3 rings (SSSR count). The summed E-state index contributed by atoms with van der Waals surface area (Å²) in [7, 11) is 1.42. The highest BCUT2D eigenvalue weighted by Gasteiger charge is 2.04. The van der Waals surface area contributed by atoms with E-state index in [1.54, 1.807) is 0 Å². The Hall–Kier alpha value is -3.07. The molecule has 0 aliphatic carbocycles. The molecule has 3 aromatic rings. The second-order valence-corrected chi connectivity index (χ2v) is 6.08. The Morgan fingerprint density at radius 1 is 0.808 bits per heavy atom. The summed E-state index contributed by atoms with van der Waals surface area (Å²) in [6.07, 6.45) is 1.07. The largest absolute Gasteiger partial charge is 0.489 e. The third kappa shape index (κ3) is 4.96. The highest BCUT2D eigenvalue weighted by molar-refractivity contribution is 5.70. The molecule has 3 heteroatoms. The van der Waals surface area contributed by atoms with Crippen LogP contribution in [0.3, 0.4) is 0 Å². The summed E-state index contributed by atoms with van der Waals surface area (Å²) in [5.41, 5.74) is 4.52. The molecule has 0 saturated heterocycles. The van der Waals surface area contributed by atoms with Gasteiger partial charge in [0.05, 0.1) is 7.11 Å². The van der Waals surface area contributed by atoms with Gasteiger partial charge in [0.15, 0.2) is 0 Å². The maximum atomic E-state index is 11.3. The Kier molecular flexibility index (Phi) is 6.05. The van der Waals surface area contributed by atoms with E-state index in [0.29, 0.717) is 19.4 Å². The van der Waals surface area contributed by atoms with Crippen molar-refractivity contribution in [2.45, 2.75) is 19.4 Å². The van der Waals surface area contributed by atoms with Crippen LogP contribution in [0.25, 0.3) is 11.1 Å². The first-order valence-corrected chi connectivity index (χ1v) is 8.67. The first kappa shape index (κ1) is 17.7. The summed E-state index contributed by atoms with van der Waals surface area (Å²) in [4.78, 5) is 11.3. The number of aryl methyl sites for hydroxylation is 1. The quantitative estimate of drug-likeness (QED) is 0.562. The second-order valence-electron chi connectivity index (χ2n) is 6.08. The van der Waals surface area contributed by atoms with Crippen LogP contribution in [0.5, 0.6) is 5.75 Å². The number of carbonyl (C=O) groups is 1. The van der Waals surface area contributed by atoms with E-state index in [1.807, 2.05) is 54.6 Å². The summed E-state index contributed by atoms with van der Waals surface area (Å²) < 4.78 is 10.5. The van der Waals surface area contributed by atoms with Crippen molar-refractivity contribution >= 4 is 5.97 Å². The third-order valence-electron chi connectivity index (χ3n) is 4.21. The molecule has 0 spiro atoms. The highest BCUT2D eigenvalue weighted by atomic mass is 16.5. The van der Waals surface area contributed by atoms with Crippen molar-refractivity contribution in [1.29, 1.82) is 0 Å².